The fourth-order valence-corrected chi connectivity index (χ4v) is 5.79. The number of fused-ring (bicyclic) bond motifs is 1. The van der Waals surface area contributed by atoms with Gasteiger partial charge in [-0.3, -0.25) is 4.79 Å². The summed E-state index contributed by atoms with van der Waals surface area (Å²) in [5, 5.41) is 3.98. The Balaban J connectivity index is 1.56. The standard InChI is InChI=1S/C25H31N5O4S/c1-16-5-9-18(10-6-16)35(32,33)30-13-19(17-7-8-17)21-22(27-15-28-23(21)30)29-12-11-26-20(14-29)24(31)34-25(2,3)4/h5-6,9-10,13,15,17,20,26H,7-8,11-12,14H2,1-4H3. The lowest BCUT2D eigenvalue weighted by Gasteiger charge is -2.35. The summed E-state index contributed by atoms with van der Waals surface area (Å²) < 4.78 is 34.1. The van der Waals surface area contributed by atoms with E-state index < -0.39 is 21.7 Å². The highest BCUT2D eigenvalue weighted by Gasteiger charge is 2.35. The molecule has 1 atom stereocenters. The van der Waals surface area contributed by atoms with E-state index in [1.807, 2.05) is 32.6 Å². The van der Waals surface area contributed by atoms with E-state index in [9.17, 15) is 13.2 Å². The molecule has 2 aliphatic rings. The van der Waals surface area contributed by atoms with Crippen LogP contribution in [0.2, 0.25) is 0 Å². The minimum absolute atomic E-state index is 0.217. The molecule has 1 N–H and O–H groups in total. The summed E-state index contributed by atoms with van der Waals surface area (Å²) in [5.74, 6) is 0.625. The fourth-order valence-electron chi connectivity index (χ4n) is 4.47. The summed E-state index contributed by atoms with van der Waals surface area (Å²) in [6, 6.07) is 6.32. The second-order valence-corrected chi connectivity index (χ2v) is 12.2. The molecule has 1 aliphatic heterocycles. The van der Waals surface area contributed by atoms with Gasteiger partial charge >= 0.3 is 5.97 Å². The Morgan fingerprint density at radius 1 is 1.14 bits per heavy atom. The summed E-state index contributed by atoms with van der Waals surface area (Å²) in [7, 11) is -3.84. The van der Waals surface area contributed by atoms with E-state index in [0.29, 0.717) is 31.1 Å². The van der Waals surface area contributed by atoms with Gasteiger partial charge in [0.05, 0.1) is 10.3 Å². The average molecular weight is 498 g/mol. The number of hydrogen-bond donors (Lipinski definition) is 1. The Labute approximate surface area is 205 Å². The van der Waals surface area contributed by atoms with Crippen molar-refractivity contribution in [2.45, 2.75) is 63.0 Å². The Bertz CT molecular complexity index is 1370. The number of aryl methyl sites for hydroxylation is 1. The van der Waals surface area contributed by atoms with E-state index in [2.05, 4.69) is 15.3 Å². The van der Waals surface area contributed by atoms with Gasteiger partial charge < -0.3 is 15.0 Å². The Hall–Kier alpha value is -2.98. The molecular weight excluding hydrogens is 466 g/mol. The summed E-state index contributed by atoms with van der Waals surface area (Å²) >= 11 is 0. The van der Waals surface area contributed by atoms with Crippen LogP contribution in [0.1, 0.15) is 50.7 Å². The topological polar surface area (TPSA) is 106 Å². The number of nitrogens with one attached hydrogen (secondary N) is 1. The second kappa shape index (κ2) is 8.60. The minimum atomic E-state index is -3.84. The molecule has 5 rings (SSSR count). The maximum atomic E-state index is 13.6. The van der Waals surface area contributed by atoms with Crippen molar-refractivity contribution >= 4 is 32.8 Å². The van der Waals surface area contributed by atoms with Crippen LogP contribution in [0.25, 0.3) is 11.0 Å². The van der Waals surface area contributed by atoms with Crippen molar-refractivity contribution in [1.29, 1.82) is 0 Å². The van der Waals surface area contributed by atoms with Crippen LogP contribution >= 0.6 is 0 Å². The number of hydrogen-bond acceptors (Lipinski definition) is 8. The van der Waals surface area contributed by atoms with Gasteiger partial charge in [0.2, 0.25) is 0 Å². The van der Waals surface area contributed by atoms with Crippen molar-refractivity contribution in [1.82, 2.24) is 19.3 Å². The molecule has 1 aromatic carbocycles. The summed E-state index contributed by atoms with van der Waals surface area (Å²) in [6.07, 6.45) is 5.11. The number of nitrogens with zero attached hydrogens (tertiary/aromatic N) is 4. The van der Waals surface area contributed by atoms with Gasteiger partial charge in [0.25, 0.3) is 10.0 Å². The molecule has 3 heterocycles. The number of anilines is 1. The summed E-state index contributed by atoms with van der Waals surface area (Å²) in [5.41, 5.74) is 1.72. The number of esters is 1. The lowest BCUT2D eigenvalue weighted by molar-refractivity contribution is -0.157. The van der Waals surface area contributed by atoms with Gasteiger partial charge in [-0.15, -0.1) is 0 Å². The summed E-state index contributed by atoms with van der Waals surface area (Å²) in [4.78, 5) is 24.0. The Kier molecular flexibility index (Phi) is 5.83. The maximum Gasteiger partial charge on any atom is 0.325 e. The third-order valence-electron chi connectivity index (χ3n) is 6.32. The molecule has 2 fully saturated rings. The van der Waals surface area contributed by atoms with Crippen LogP contribution in [-0.2, 0) is 19.6 Å². The zero-order valence-electron chi connectivity index (χ0n) is 20.5. The van der Waals surface area contributed by atoms with Crippen molar-refractivity contribution in [3.05, 3.63) is 47.9 Å². The van der Waals surface area contributed by atoms with E-state index >= 15 is 0 Å². The van der Waals surface area contributed by atoms with Crippen molar-refractivity contribution < 1.29 is 17.9 Å². The largest absolute Gasteiger partial charge is 0.459 e. The SMILES string of the molecule is Cc1ccc(S(=O)(=O)n2cc(C3CC3)c3c(N4CCNC(C(=O)OC(C)(C)C)C4)ncnc32)cc1. The molecule has 0 spiro atoms. The molecule has 9 nitrogen and oxygen atoms in total. The lowest BCUT2D eigenvalue weighted by atomic mass is 10.1. The molecule has 0 bridgehead atoms. The highest BCUT2D eigenvalue weighted by molar-refractivity contribution is 7.90. The first-order chi connectivity index (χ1) is 16.5. The molecule has 1 aliphatic carbocycles. The van der Waals surface area contributed by atoms with Crippen molar-refractivity contribution in [2.75, 3.05) is 24.5 Å². The molecule has 2 aromatic heterocycles. The molecule has 186 valence electrons. The van der Waals surface area contributed by atoms with Crippen LogP contribution < -0.4 is 10.2 Å². The zero-order chi connectivity index (χ0) is 25.0. The van der Waals surface area contributed by atoms with Crippen LogP contribution in [0, 0.1) is 6.92 Å². The van der Waals surface area contributed by atoms with E-state index in [0.717, 1.165) is 29.4 Å². The monoisotopic (exact) mass is 497 g/mol. The zero-order valence-corrected chi connectivity index (χ0v) is 21.3. The summed E-state index contributed by atoms with van der Waals surface area (Å²) in [6.45, 7) is 9.04. The minimum Gasteiger partial charge on any atom is -0.459 e. The lowest BCUT2D eigenvalue weighted by Crippen LogP contribution is -2.55. The highest BCUT2D eigenvalue weighted by Crippen LogP contribution is 2.46. The van der Waals surface area contributed by atoms with Gasteiger partial charge in [-0.2, -0.15) is 0 Å². The first-order valence-electron chi connectivity index (χ1n) is 11.9. The van der Waals surface area contributed by atoms with E-state index in [1.54, 1.807) is 30.5 Å². The van der Waals surface area contributed by atoms with Gasteiger partial charge in [-0.05, 0) is 64.2 Å². The fraction of sp³-hybridized carbons (Fsp3) is 0.480. The van der Waals surface area contributed by atoms with Crippen LogP contribution in [0.15, 0.2) is 41.7 Å². The molecule has 0 radical (unpaired) electrons. The Morgan fingerprint density at radius 2 is 1.86 bits per heavy atom. The third kappa shape index (κ3) is 4.64. The molecule has 0 amide bonds. The Morgan fingerprint density at radius 3 is 2.51 bits per heavy atom. The highest BCUT2D eigenvalue weighted by atomic mass is 32.2. The van der Waals surface area contributed by atoms with Gasteiger partial charge in [0.1, 0.15) is 23.8 Å². The molecule has 1 saturated carbocycles. The van der Waals surface area contributed by atoms with Gasteiger partial charge in [-0.1, -0.05) is 17.7 Å². The van der Waals surface area contributed by atoms with Crippen LogP contribution in [0.4, 0.5) is 5.82 Å². The van der Waals surface area contributed by atoms with Crippen molar-refractivity contribution in [3.63, 3.8) is 0 Å². The number of ether oxygens (including phenoxy) is 1. The number of piperazine rings is 1. The van der Waals surface area contributed by atoms with Gasteiger partial charge in [0.15, 0.2) is 5.65 Å². The van der Waals surface area contributed by atoms with Crippen LogP contribution in [0.3, 0.4) is 0 Å². The smallest absolute Gasteiger partial charge is 0.325 e. The van der Waals surface area contributed by atoms with Gasteiger partial charge in [0, 0.05) is 25.8 Å². The first-order valence-corrected chi connectivity index (χ1v) is 13.4. The molecule has 1 unspecified atom stereocenters. The quantitative estimate of drug-likeness (QED) is 0.536. The molecule has 3 aromatic rings. The second-order valence-electron chi connectivity index (χ2n) is 10.4. The average Bonchev–Trinajstić information content (AvgIpc) is 3.57. The number of benzene rings is 1. The normalized spacial score (nSPS) is 19.2. The van der Waals surface area contributed by atoms with E-state index in [-0.39, 0.29) is 16.8 Å². The molecule has 1 saturated heterocycles. The maximum absolute atomic E-state index is 13.6. The van der Waals surface area contributed by atoms with Crippen molar-refractivity contribution in [3.8, 4) is 0 Å². The van der Waals surface area contributed by atoms with Crippen molar-refractivity contribution in [2.24, 2.45) is 0 Å². The van der Waals surface area contributed by atoms with E-state index in [1.165, 1.54) is 10.3 Å². The van der Waals surface area contributed by atoms with Gasteiger partial charge in [-0.25, -0.2) is 22.4 Å². The predicted octanol–water partition coefficient (Wildman–Crippen LogP) is 2.97. The first kappa shape index (κ1) is 23.7. The number of carbonyl (C=O) groups excluding carboxylic acids is 1. The predicted molar refractivity (Wildman–Crippen MR) is 133 cm³/mol. The number of rotatable bonds is 5. The van der Waals surface area contributed by atoms with E-state index in [4.69, 9.17) is 4.74 Å². The van der Waals surface area contributed by atoms with Crippen LogP contribution in [-0.4, -0.2) is 59.6 Å². The molecule has 35 heavy (non-hydrogen) atoms. The number of carbonyl (C=O) groups is 1. The molecular formula is C25H31N5O4S. The number of aromatic nitrogens is 3. The van der Waals surface area contributed by atoms with Crippen LogP contribution in [0.5, 0.6) is 0 Å². The third-order valence-corrected chi connectivity index (χ3v) is 7.99. The molecule has 10 heteroatoms.